The minimum atomic E-state index is -0.358. The second-order valence-corrected chi connectivity index (χ2v) is 8.82. The van der Waals surface area contributed by atoms with Crippen molar-refractivity contribution in [2.45, 2.75) is 26.3 Å². The number of pyridine rings is 1. The number of ether oxygens (including phenoxy) is 2. The number of methoxy groups -OCH3 is 2. The molecule has 0 aliphatic rings. The number of rotatable bonds is 7. The van der Waals surface area contributed by atoms with Gasteiger partial charge in [0.25, 0.3) is 5.91 Å². The third kappa shape index (κ3) is 4.03. The maximum Gasteiger partial charge on any atom is 0.262 e. The molecule has 8 nitrogen and oxygen atoms in total. The van der Waals surface area contributed by atoms with E-state index in [4.69, 9.17) is 9.47 Å². The normalized spacial score (nSPS) is 12.3. The van der Waals surface area contributed by atoms with Crippen molar-refractivity contribution < 1.29 is 14.3 Å². The molecule has 0 spiro atoms. The van der Waals surface area contributed by atoms with Crippen molar-refractivity contribution in [3.05, 3.63) is 62.8 Å². The molecule has 1 N–H and O–H groups in total. The Kier molecular flexibility index (Phi) is 6.09. The molecule has 0 bridgehead atoms. The first-order valence-corrected chi connectivity index (χ1v) is 11.0. The van der Waals surface area contributed by atoms with Crippen LogP contribution >= 0.6 is 11.3 Å². The Balaban J connectivity index is 1.71. The fourth-order valence-corrected chi connectivity index (χ4v) is 4.58. The van der Waals surface area contributed by atoms with Crippen LogP contribution in [-0.4, -0.2) is 34.7 Å². The molecule has 1 amide bonds. The van der Waals surface area contributed by atoms with Gasteiger partial charge in [-0.1, -0.05) is 37.3 Å². The van der Waals surface area contributed by atoms with Crippen LogP contribution in [0.4, 0.5) is 0 Å². The molecular weight excluding hydrogens is 428 g/mol. The summed E-state index contributed by atoms with van der Waals surface area (Å²) in [6.45, 7) is 4.16. The van der Waals surface area contributed by atoms with E-state index < -0.39 is 0 Å². The van der Waals surface area contributed by atoms with E-state index in [0.29, 0.717) is 51.0 Å². The Morgan fingerprint density at radius 1 is 1.16 bits per heavy atom. The van der Waals surface area contributed by atoms with Gasteiger partial charge in [0.1, 0.15) is 0 Å². The first-order valence-electron chi connectivity index (χ1n) is 10.2. The van der Waals surface area contributed by atoms with Gasteiger partial charge in [-0.3, -0.25) is 14.0 Å². The summed E-state index contributed by atoms with van der Waals surface area (Å²) in [4.78, 5) is 26.4. The van der Waals surface area contributed by atoms with Gasteiger partial charge in [0.05, 0.1) is 30.5 Å². The summed E-state index contributed by atoms with van der Waals surface area (Å²) in [6.07, 6.45) is 2.55. The van der Waals surface area contributed by atoms with Gasteiger partial charge in [-0.2, -0.15) is 0 Å². The van der Waals surface area contributed by atoms with Gasteiger partial charge in [0.2, 0.25) is 4.74 Å². The summed E-state index contributed by atoms with van der Waals surface area (Å²) < 4.78 is 12.3. The average Bonchev–Trinajstić information content (AvgIpc) is 3.21. The zero-order valence-corrected chi connectivity index (χ0v) is 19.1. The Morgan fingerprint density at radius 2 is 1.97 bits per heavy atom. The van der Waals surface area contributed by atoms with Crippen molar-refractivity contribution in [2.24, 2.45) is 5.92 Å². The molecule has 0 unspecified atom stereocenters. The van der Waals surface area contributed by atoms with E-state index >= 15 is 0 Å². The number of carbonyl (C=O) groups is 1. The number of benzene rings is 1. The van der Waals surface area contributed by atoms with Crippen LogP contribution in [0.1, 0.15) is 41.8 Å². The molecule has 0 radical (unpaired) electrons. The Hall–Kier alpha value is -3.46. The molecule has 0 fully saturated rings. The van der Waals surface area contributed by atoms with Crippen LogP contribution in [0.3, 0.4) is 0 Å². The first kappa shape index (κ1) is 21.8. The molecule has 32 heavy (non-hydrogen) atoms. The molecule has 0 saturated heterocycles. The SMILES string of the molecule is COc1ccc2cc(C(=O)N[C@@H](CC(C)C)c3nnc4ccccn34)sc(=O)c2c1OC. The number of nitrogens with zero attached hydrogens (tertiary/aromatic N) is 3. The van der Waals surface area contributed by atoms with E-state index in [-0.39, 0.29) is 16.7 Å². The molecule has 0 aliphatic heterocycles. The van der Waals surface area contributed by atoms with Crippen molar-refractivity contribution in [3.8, 4) is 11.5 Å². The van der Waals surface area contributed by atoms with Crippen LogP contribution in [0, 0.1) is 5.92 Å². The topological polar surface area (TPSA) is 94.8 Å². The quantitative estimate of drug-likeness (QED) is 0.458. The van der Waals surface area contributed by atoms with Gasteiger partial charge in [-0.15, -0.1) is 10.2 Å². The number of nitrogens with one attached hydrogen (secondary N) is 1. The summed E-state index contributed by atoms with van der Waals surface area (Å²) >= 11 is 0.879. The second-order valence-electron chi connectivity index (χ2n) is 7.81. The van der Waals surface area contributed by atoms with Gasteiger partial charge in [-0.25, -0.2) is 0 Å². The molecule has 0 saturated carbocycles. The first-order chi connectivity index (χ1) is 15.4. The highest BCUT2D eigenvalue weighted by Crippen LogP contribution is 2.34. The lowest BCUT2D eigenvalue weighted by atomic mass is 10.0. The van der Waals surface area contributed by atoms with Crippen molar-refractivity contribution in [3.63, 3.8) is 0 Å². The van der Waals surface area contributed by atoms with Crippen LogP contribution in [0.25, 0.3) is 16.4 Å². The molecule has 4 rings (SSSR count). The van der Waals surface area contributed by atoms with E-state index in [0.717, 1.165) is 11.3 Å². The molecule has 3 heterocycles. The zero-order chi connectivity index (χ0) is 22.8. The Morgan fingerprint density at radius 3 is 2.69 bits per heavy atom. The molecular formula is C23H24N4O4S. The standard InChI is InChI=1S/C23H24N4O4S/c1-13(2)11-15(21-26-25-18-7-5-6-10-27(18)21)24-22(28)17-12-14-8-9-16(30-3)20(31-4)19(14)23(29)32-17/h5-10,12-13,15H,11H2,1-4H3,(H,24,28)/t15-/m0/s1. The molecule has 1 atom stereocenters. The van der Waals surface area contributed by atoms with Gasteiger partial charge >= 0.3 is 0 Å². The van der Waals surface area contributed by atoms with Gasteiger partial charge in [-0.05, 0) is 42.0 Å². The molecule has 166 valence electrons. The summed E-state index contributed by atoms with van der Waals surface area (Å²) in [5, 5.41) is 12.6. The van der Waals surface area contributed by atoms with Crippen molar-refractivity contribution in [1.29, 1.82) is 0 Å². The Bertz CT molecular complexity index is 1350. The molecule has 4 aromatic rings. The predicted octanol–water partition coefficient (Wildman–Crippen LogP) is 3.84. The van der Waals surface area contributed by atoms with Crippen LogP contribution in [0.15, 0.2) is 47.4 Å². The predicted molar refractivity (Wildman–Crippen MR) is 124 cm³/mol. The van der Waals surface area contributed by atoms with Crippen LogP contribution in [0.5, 0.6) is 11.5 Å². The van der Waals surface area contributed by atoms with E-state index in [2.05, 4.69) is 29.4 Å². The Labute approximate surface area is 188 Å². The molecule has 3 aromatic heterocycles. The minimum Gasteiger partial charge on any atom is -0.493 e. The third-order valence-corrected chi connectivity index (χ3v) is 6.07. The van der Waals surface area contributed by atoms with Crippen molar-refractivity contribution in [1.82, 2.24) is 19.9 Å². The number of aromatic nitrogens is 3. The maximum atomic E-state index is 13.2. The van der Waals surface area contributed by atoms with Crippen LogP contribution in [0.2, 0.25) is 0 Å². The second kappa shape index (κ2) is 8.96. The van der Waals surface area contributed by atoms with Crippen LogP contribution < -0.4 is 19.5 Å². The van der Waals surface area contributed by atoms with Gasteiger partial charge in [0.15, 0.2) is 23.0 Å². The monoisotopic (exact) mass is 452 g/mol. The lowest BCUT2D eigenvalue weighted by Crippen LogP contribution is -2.31. The zero-order valence-electron chi connectivity index (χ0n) is 18.3. The average molecular weight is 453 g/mol. The van der Waals surface area contributed by atoms with Gasteiger partial charge in [0, 0.05) is 6.20 Å². The van der Waals surface area contributed by atoms with E-state index in [1.165, 1.54) is 14.2 Å². The number of amides is 1. The fraction of sp³-hybridized carbons (Fsp3) is 0.304. The van der Waals surface area contributed by atoms with E-state index in [1.54, 1.807) is 18.2 Å². The summed E-state index contributed by atoms with van der Waals surface area (Å²) in [7, 11) is 3.00. The minimum absolute atomic E-state index is 0.267. The van der Waals surface area contributed by atoms with Crippen molar-refractivity contribution in [2.75, 3.05) is 14.2 Å². The van der Waals surface area contributed by atoms with Crippen LogP contribution in [-0.2, 0) is 0 Å². The maximum absolute atomic E-state index is 13.2. The lowest BCUT2D eigenvalue weighted by molar-refractivity contribution is 0.0933. The van der Waals surface area contributed by atoms with E-state index in [1.807, 2.05) is 28.8 Å². The molecule has 1 aromatic carbocycles. The number of fused-ring (bicyclic) bond motifs is 2. The molecule has 0 aliphatic carbocycles. The lowest BCUT2D eigenvalue weighted by Gasteiger charge is -2.19. The van der Waals surface area contributed by atoms with E-state index in [9.17, 15) is 9.59 Å². The third-order valence-electron chi connectivity index (χ3n) is 5.16. The highest BCUT2D eigenvalue weighted by atomic mass is 32.1. The fourth-order valence-electron chi connectivity index (χ4n) is 3.73. The van der Waals surface area contributed by atoms with Crippen molar-refractivity contribution >= 4 is 33.7 Å². The summed E-state index contributed by atoms with van der Waals surface area (Å²) in [6, 6.07) is 10.5. The largest absolute Gasteiger partial charge is 0.493 e. The number of carbonyl (C=O) groups excluding carboxylic acids is 1. The highest BCUT2D eigenvalue weighted by molar-refractivity contribution is 7.12. The number of hydrogen-bond donors (Lipinski definition) is 1. The molecule has 9 heteroatoms. The summed E-state index contributed by atoms with van der Waals surface area (Å²) in [5.41, 5.74) is 0.710. The number of hydrogen-bond acceptors (Lipinski definition) is 7. The smallest absolute Gasteiger partial charge is 0.262 e. The van der Waals surface area contributed by atoms with Gasteiger partial charge < -0.3 is 14.8 Å². The highest BCUT2D eigenvalue weighted by Gasteiger charge is 2.24. The summed E-state index contributed by atoms with van der Waals surface area (Å²) in [5.74, 6) is 1.47.